The summed E-state index contributed by atoms with van der Waals surface area (Å²) in [4.78, 5) is 0. The molecule has 4 heteroatoms. The quantitative estimate of drug-likeness (QED) is 0.815. The van der Waals surface area contributed by atoms with E-state index < -0.39 is 6.61 Å². The van der Waals surface area contributed by atoms with Gasteiger partial charge in [-0.1, -0.05) is 19.1 Å². The topological polar surface area (TPSA) is 21.3 Å². The Morgan fingerprint density at radius 2 is 2.13 bits per heavy atom. The highest BCUT2D eigenvalue weighted by Crippen LogP contribution is 2.20. The van der Waals surface area contributed by atoms with Crippen molar-refractivity contribution in [3.63, 3.8) is 0 Å². The summed E-state index contributed by atoms with van der Waals surface area (Å²) in [5.74, 6) is 0.201. The van der Waals surface area contributed by atoms with E-state index in [-0.39, 0.29) is 11.8 Å². The van der Waals surface area contributed by atoms with E-state index in [4.69, 9.17) is 0 Å². The molecule has 0 radical (unpaired) electrons. The number of nitrogens with one attached hydrogen (secondary N) is 1. The first-order valence-electron chi connectivity index (χ1n) is 4.91. The molecular weight excluding hydrogens is 200 g/mol. The molecular formula is C11H15F2NO. The molecule has 0 bridgehead atoms. The van der Waals surface area contributed by atoms with E-state index in [1.54, 1.807) is 12.1 Å². The van der Waals surface area contributed by atoms with Gasteiger partial charge in [-0.3, -0.25) is 0 Å². The zero-order chi connectivity index (χ0) is 11.3. The first kappa shape index (κ1) is 11.9. The van der Waals surface area contributed by atoms with Crippen molar-refractivity contribution in [3.8, 4) is 5.75 Å². The number of rotatable bonds is 5. The number of ether oxygens (including phenoxy) is 1. The van der Waals surface area contributed by atoms with Crippen LogP contribution in [0.1, 0.15) is 25.5 Å². The molecule has 0 aliphatic carbocycles. The third-order valence-corrected chi connectivity index (χ3v) is 2.09. The van der Waals surface area contributed by atoms with E-state index in [1.165, 1.54) is 6.07 Å². The van der Waals surface area contributed by atoms with E-state index in [0.717, 1.165) is 12.1 Å². The maximum atomic E-state index is 12.0. The van der Waals surface area contributed by atoms with E-state index >= 15 is 0 Å². The molecule has 0 amide bonds. The Bertz CT molecular complexity index is 304. The lowest BCUT2D eigenvalue weighted by Gasteiger charge is -2.13. The Balaban J connectivity index is 2.73. The molecule has 1 atom stereocenters. The zero-order valence-electron chi connectivity index (χ0n) is 8.84. The highest BCUT2D eigenvalue weighted by molar-refractivity contribution is 5.30. The van der Waals surface area contributed by atoms with Crippen molar-refractivity contribution >= 4 is 0 Å². The predicted octanol–water partition coefficient (Wildman–Crippen LogP) is 2.96. The fourth-order valence-electron chi connectivity index (χ4n) is 1.38. The van der Waals surface area contributed by atoms with Crippen LogP contribution in [0, 0.1) is 0 Å². The summed E-state index contributed by atoms with van der Waals surface area (Å²) >= 11 is 0. The normalized spacial score (nSPS) is 12.9. The largest absolute Gasteiger partial charge is 0.435 e. The summed E-state index contributed by atoms with van der Waals surface area (Å²) < 4.78 is 28.2. The van der Waals surface area contributed by atoms with Gasteiger partial charge in [-0.2, -0.15) is 8.78 Å². The predicted molar refractivity (Wildman–Crippen MR) is 55.2 cm³/mol. The second-order valence-corrected chi connectivity index (χ2v) is 3.23. The fourth-order valence-corrected chi connectivity index (χ4v) is 1.38. The summed E-state index contributed by atoms with van der Waals surface area (Å²) in [7, 11) is 0. The molecule has 1 N–H and O–H groups in total. The Hall–Kier alpha value is -1.16. The number of alkyl halides is 2. The summed E-state index contributed by atoms with van der Waals surface area (Å²) in [5, 5.41) is 3.20. The molecule has 1 unspecified atom stereocenters. The Labute approximate surface area is 88.3 Å². The second kappa shape index (κ2) is 5.66. The van der Waals surface area contributed by atoms with Crippen LogP contribution < -0.4 is 10.1 Å². The average molecular weight is 215 g/mol. The van der Waals surface area contributed by atoms with Gasteiger partial charge in [0.25, 0.3) is 0 Å². The average Bonchev–Trinajstić information content (AvgIpc) is 2.17. The van der Waals surface area contributed by atoms with Crippen molar-refractivity contribution in [2.24, 2.45) is 0 Å². The monoisotopic (exact) mass is 215 g/mol. The molecule has 1 aromatic rings. The summed E-state index contributed by atoms with van der Waals surface area (Å²) in [6.07, 6.45) is 0. The SMILES string of the molecule is CCNC(C)c1cccc(OC(F)F)c1. The van der Waals surface area contributed by atoms with E-state index in [9.17, 15) is 8.78 Å². The lowest BCUT2D eigenvalue weighted by atomic mass is 10.1. The Morgan fingerprint density at radius 1 is 1.40 bits per heavy atom. The molecule has 0 saturated carbocycles. The second-order valence-electron chi connectivity index (χ2n) is 3.23. The molecule has 0 spiro atoms. The maximum absolute atomic E-state index is 12.0. The zero-order valence-corrected chi connectivity index (χ0v) is 8.84. The van der Waals surface area contributed by atoms with Crippen molar-refractivity contribution in [2.75, 3.05) is 6.54 Å². The van der Waals surface area contributed by atoms with Crippen LogP contribution >= 0.6 is 0 Å². The molecule has 0 heterocycles. The third kappa shape index (κ3) is 3.83. The Morgan fingerprint density at radius 3 is 2.73 bits per heavy atom. The van der Waals surface area contributed by atoms with Crippen molar-refractivity contribution in [3.05, 3.63) is 29.8 Å². The fraction of sp³-hybridized carbons (Fsp3) is 0.455. The molecule has 0 aromatic heterocycles. The molecule has 0 aliphatic heterocycles. The number of halogens is 2. The van der Waals surface area contributed by atoms with Gasteiger partial charge in [0.2, 0.25) is 0 Å². The van der Waals surface area contributed by atoms with Gasteiger partial charge in [-0.15, -0.1) is 0 Å². The van der Waals surface area contributed by atoms with Gasteiger partial charge in [-0.05, 0) is 31.2 Å². The van der Waals surface area contributed by atoms with Crippen LogP contribution in [-0.2, 0) is 0 Å². The highest BCUT2D eigenvalue weighted by atomic mass is 19.3. The summed E-state index contributed by atoms with van der Waals surface area (Å²) in [6, 6.07) is 6.87. The lowest BCUT2D eigenvalue weighted by Crippen LogP contribution is -2.17. The summed E-state index contributed by atoms with van der Waals surface area (Å²) in [6.45, 7) is 2.04. The molecule has 0 aliphatic rings. The molecule has 0 saturated heterocycles. The molecule has 2 nitrogen and oxygen atoms in total. The maximum Gasteiger partial charge on any atom is 0.387 e. The Kier molecular flexibility index (Phi) is 4.49. The molecule has 0 fully saturated rings. The van der Waals surface area contributed by atoms with Crippen molar-refractivity contribution in [1.29, 1.82) is 0 Å². The van der Waals surface area contributed by atoms with Gasteiger partial charge in [0.15, 0.2) is 0 Å². The first-order chi connectivity index (χ1) is 7.13. The van der Waals surface area contributed by atoms with Gasteiger partial charge in [0, 0.05) is 6.04 Å². The number of hydrogen-bond acceptors (Lipinski definition) is 2. The number of benzene rings is 1. The van der Waals surface area contributed by atoms with E-state index in [0.29, 0.717) is 0 Å². The van der Waals surface area contributed by atoms with E-state index in [1.807, 2.05) is 19.9 Å². The number of hydrogen-bond donors (Lipinski definition) is 1. The molecule has 84 valence electrons. The summed E-state index contributed by atoms with van der Waals surface area (Å²) in [5.41, 5.74) is 0.940. The minimum Gasteiger partial charge on any atom is -0.435 e. The van der Waals surface area contributed by atoms with Gasteiger partial charge < -0.3 is 10.1 Å². The van der Waals surface area contributed by atoms with Crippen molar-refractivity contribution in [2.45, 2.75) is 26.5 Å². The molecule has 15 heavy (non-hydrogen) atoms. The smallest absolute Gasteiger partial charge is 0.387 e. The third-order valence-electron chi connectivity index (χ3n) is 2.09. The van der Waals surface area contributed by atoms with E-state index in [2.05, 4.69) is 10.1 Å². The van der Waals surface area contributed by atoms with Crippen LogP contribution in [0.5, 0.6) is 5.75 Å². The van der Waals surface area contributed by atoms with Crippen molar-refractivity contribution in [1.82, 2.24) is 5.32 Å². The first-order valence-corrected chi connectivity index (χ1v) is 4.91. The standard InChI is InChI=1S/C11H15F2NO/c1-3-14-8(2)9-5-4-6-10(7-9)15-11(12)13/h4-8,11,14H,3H2,1-2H3. The van der Waals surface area contributed by atoms with Crippen LogP contribution in [0.25, 0.3) is 0 Å². The van der Waals surface area contributed by atoms with Gasteiger partial charge in [-0.25, -0.2) is 0 Å². The van der Waals surface area contributed by atoms with Crippen LogP contribution in [-0.4, -0.2) is 13.2 Å². The van der Waals surface area contributed by atoms with Gasteiger partial charge >= 0.3 is 6.61 Å². The van der Waals surface area contributed by atoms with Crippen molar-refractivity contribution < 1.29 is 13.5 Å². The lowest BCUT2D eigenvalue weighted by molar-refractivity contribution is -0.0499. The van der Waals surface area contributed by atoms with Gasteiger partial charge in [0.05, 0.1) is 0 Å². The van der Waals surface area contributed by atoms with Gasteiger partial charge in [0.1, 0.15) is 5.75 Å². The molecule has 1 rings (SSSR count). The minimum atomic E-state index is -2.77. The van der Waals surface area contributed by atoms with Crippen LogP contribution in [0.4, 0.5) is 8.78 Å². The molecule has 1 aromatic carbocycles. The van der Waals surface area contributed by atoms with Crippen LogP contribution in [0.15, 0.2) is 24.3 Å². The minimum absolute atomic E-state index is 0.135. The van der Waals surface area contributed by atoms with Crippen LogP contribution in [0.3, 0.4) is 0 Å². The van der Waals surface area contributed by atoms with Crippen LogP contribution in [0.2, 0.25) is 0 Å². The highest BCUT2D eigenvalue weighted by Gasteiger charge is 2.07.